The van der Waals surface area contributed by atoms with Crippen LogP contribution in [0.15, 0.2) is 0 Å². The minimum atomic E-state index is -1.10. The van der Waals surface area contributed by atoms with Crippen LogP contribution >= 0.6 is 0 Å². The molecule has 0 aromatic rings. The third kappa shape index (κ3) is 2.83. The molecule has 2 aliphatic rings. The molecule has 0 bridgehead atoms. The molecule has 0 aromatic carbocycles. The fraction of sp³-hybridized carbons (Fsp3) is 0.636. The van der Waals surface area contributed by atoms with Gasteiger partial charge in [-0.3, -0.25) is 19.3 Å². The third-order valence-electron chi connectivity index (χ3n) is 3.14. The van der Waals surface area contributed by atoms with Crippen LogP contribution < -0.4 is 0 Å². The van der Waals surface area contributed by atoms with Gasteiger partial charge in [-0.15, -0.1) is 0 Å². The number of carboxylic acid groups (broad SMARTS) is 1. The summed E-state index contributed by atoms with van der Waals surface area (Å²) in [7, 11) is 1.47. The maximum absolute atomic E-state index is 12.0. The zero-order valence-corrected chi connectivity index (χ0v) is 10.5. The number of likely N-dealkylation sites (N-methyl/N-ethyl adjacent to an activating group) is 1. The number of hydrogen-bond acceptors (Lipinski definition) is 4. The molecule has 1 aliphatic heterocycles. The molecule has 2 fully saturated rings. The van der Waals surface area contributed by atoms with E-state index < -0.39 is 30.4 Å². The zero-order chi connectivity index (χ0) is 14.2. The van der Waals surface area contributed by atoms with Crippen LogP contribution in [0.2, 0.25) is 0 Å². The van der Waals surface area contributed by atoms with Gasteiger partial charge < -0.3 is 14.9 Å². The number of rotatable bonds is 5. The third-order valence-corrected chi connectivity index (χ3v) is 3.14. The molecule has 1 N–H and O–H groups in total. The second kappa shape index (κ2) is 4.87. The summed E-state index contributed by atoms with van der Waals surface area (Å²) in [6.45, 7) is -0.824. The number of urea groups is 1. The maximum atomic E-state index is 12.0. The van der Waals surface area contributed by atoms with E-state index >= 15 is 0 Å². The first-order chi connectivity index (χ1) is 8.90. The Morgan fingerprint density at radius 1 is 1.37 bits per heavy atom. The summed E-state index contributed by atoms with van der Waals surface area (Å²) in [5.74, 6) is -2.04. The standard InChI is InChI=1S/C11H15N3O5/c1-12-4-8(15)14(11(12)19)5-9(16)13(6-10(17)18)7-2-3-7/h7H,2-6H2,1H3,(H,17,18). The average Bonchev–Trinajstić information content (AvgIpc) is 3.11. The SMILES string of the molecule is CN1CC(=O)N(CC(=O)N(CC(=O)O)C2CC2)C1=O. The number of carboxylic acids is 1. The Bertz CT molecular complexity index is 446. The van der Waals surface area contributed by atoms with Crippen molar-refractivity contribution in [2.45, 2.75) is 18.9 Å². The molecule has 1 aliphatic carbocycles. The van der Waals surface area contributed by atoms with Crippen molar-refractivity contribution < 1.29 is 24.3 Å². The minimum absolute atomic E-state index is 0.0472. The minimum Gasteiger partial charge on any atom is -0.480 e. The lowest BCUT2D eigenvalue weighted by Gasteiger charge is -2.22. The summed E-state index contributed by atoms with van der Waals surface area (Å²) in [5, 5.41) is 8.77. The molecule has 1 saturated heterocycles. The van der Waals surface area contributed by atoms with Crippen LogP contribution in [-0.4, -0.2) is 76.3 Å². The lowest BCUT2D eigenvalue weighted by Crippen LogP contribution is -2.45. The molecule has 1 heterocycles. The van der Waals surface area contributed by atoms with Gasteiger partial charge in [-0.1, -0.05) is 0 Å². The van der Waals surface area contributed by atoms with Crippen molar-refractivity contribution in [2.24, 2.45) is 0 Å². The lowest BCUT2D eigenvalue weighted by molar-refractivity contribution is -0.145. The zero-order valence-electron chi connectivity index (χ0n) is 10.5. The smallest absolute Gasteiger partial charge is 0.327 e. The summed E-state index contributed by atoms with van der Waals surface area (Å²) in [5.41, 5.74) is 0. The van der Waals surface area contributed by atoms with Crippen LogP contribution in [-0.2, 0) is 14.4 Å². The fourth-order valence-electron chi connectivity index (χ4n) is 2.00. The highest BCUT2D eigenvalue weighted by Crippen LogP contribution is 2.27. The van der Waals surface area contributed by atoms with Gasteiger partial charge in [0.15, 0.2) is 0 Å². The molecule has 2 rings (SSSR count). The van der Waals surface area contributed by atoms with E-state index in [1.165, 1.54) is 16.8 Å². The van der Waals surface area contributed by atoms with E-state index in [2.05, 4.69) is 0 Å². The van der Waals surface area contributed by atoms with Crippen molar-refractivity contribution in [1.82, 2.24) is 14.7 Å². The van der Waals surface area contributed by atoms with Crippen molar-refractivity contribution in [2.75, 3.05) is 26.7 Å². The van der Waals surface area contributed by atoms with Gasteiger partial charge in [0, 0.05) is 13.1 Å². The summed E-state index contributed by atoms with van der Waals surface area (Å²) in [6.07, 6.45) is 1.53. The number of amides is 4. The fourth-order valence-corrected chi connectivity index (χ4v) is 2.00. The second-order valence-corrected chi connectivity index (χ2v) is 4.77. The summed E-state index contributed by atoms with van der Waals surface area (Å²) in [6, 6.07) is -0.599. The van der Waals surface area contributed by atoms with E-state index in [-0.39, 0.29) is 19.1 Å². The first-order valence-corrected chi connectivity index (χ1v) is 5.97. The van der Waals surface area contributed by atoms with Crippen LogP contribution in [0.4, 0.5) is 4.79 Å². The van der Waals surface area contributed by atoms with Crippen molar-refractivity contribution in [3.8, 4) is 0 Å². The normalized spacial score (nSPS) is 19.0. The molecule has 8 nitrogen and oxygen atoms in total. The predicted molar refractivity (Wildman–Crippen MR) is 62.1 cm³/mol. The van der Waals surface area contributed by atoms with E-state index in [0.717, 1.165) is 17.7 Å². The van der Waals surface area contributed by atoms with Gasteiger partial charge in [0.05, 0.1) is 0 Å². The molecular formula is C11H15N3O5. The largest absolute Gasteiger partial charge is 0.480 e. The number of nitrogens with zero attached hydrogens (tertiary/aromatic N) is 3. The summed E-state index contributed by atoms with van der Waals surface area (Å²) in [4.78, 5) is 49.2. The number of carbonyl (C=O) groups is 4. The van der Waals surface area contributed by atoms with Crippen LogP contribution in [0.5, 0.6) is 0 Å². The molecule has 8 heteroatoms. The van der Waals surface area contributed by atoms with Crippen molar-refractivity contribution >= 4 is 23.8 Å². The van der Waals surface area contributed by atoms with Crippen LogP contribution in [0.3, 0.4) is 0 Å². The molecule has 0 spiro atoms. The molecule has 19 heavy (non-hydrogen) atoms. The molecule has 1 saturated carbocycles. The Kier molecular flexibility index (Phi) is 3.41. The Morgan fingerprint density at radius 3 is 2.42 bits per heavy atom. The Hall–Kier alpha value is -2.12. The van der Waals surface area contributed by atoms with Crippen LogP contribution in [0, 0.1) is 0 Å². The second-order valence-electron chi connectivity index (χ2n) is 4.77. The van der Waals surface area contributed by atoms with E-state index in [9.17, 15) is 19.2 Å². The number of carbonyl (C=O) groups excluding carboxylic acids is 3. The summed E-state index contributed by atoms with van der Waals surface area (Å²) >= 11 is 0. The Morgan fingerprint density at radius 2 is 2.00 bits per heavy atom. The highest BCUT2D eigenvalue weighted by molar-refractivity contribution is 6.04. The lowest BCUT2D eigenvalue weighted by atomic mass is 10.4. The molecule has 0 radical (unpaired) electrons. The van der Waals surface area contributed by atoms with Gasteiger partial charge in [-0.05, 0) is 12.8 Å². The van der Waals surface area contributed by atoms with Gasteiger partial charge in [0.2, 0.25) is 5.91 Å². The number of aliphatic carboxylic acids is 1. The van der Waals surface area contributed by atoms with Gasteiger partial charge in [0.1, 0.15) is 19.6 Å². The van der Waals surface area contributed by atoms with Crippen molar-refractivity contribution in [3.05, 3.63) is 0 Å². The molecule has 104 valence electrons. The molecule has 0 aromatic heterocycles. The van der Waals surface area contributed by atoms with E-state index in [1.54, 1.807) is 0 Å². The number of hydrogen-bond donors (Lipinski definition) is 1. The predicted octanol–water partition coefficient (Wildman–Crippen LogP) is -1.04. The van der Waals surface area contributed by atoms with Crippen LogP contribution in [0.25, 0.3) is 0 Å². The van der Waals surface area contributed by atoms with Gasteiger partial charge in [-0.2, -0.15) is 0 Å². The first kappa shape index (κ1) is 13.3. The highest BCUT2D eigenvalue weighted by Gasteiger charge is 2.39. The Labute approximate surface area is 109 Å². The molecule has 0 unspecified atom stereocenters. The molecular weight excluding hydrogens is 254 g/mol. The topological polar surface area (TPSA) is 98.2 Å². The van der Waals surface area contributed by atoms with Gasteiger partial charge >= 0.3 is 12.0 Å². The van der Waals surface area contributed by atoms with Gasteiger partial charge in [-0.25, -0.2) is 4.79 Å². The Balaban J connectivity index is 2.01. The van der Waals surface area contributed by atoms with Gasteiger partial charge in [0.25, 0.3) is 5.91 Å². The van der Waals surface area contributed by atoms with Crippen molar-refractivity contribution in [3.63, 3.8) is 0 Å². The van der Waals surface area contributed by atoms with Crippen molar-refractivity contribution in [1.29, 1.82) is 0 Å². The molecule has 0 atom stereocenters. The quantitative estimate of drug-likeness (QED) is 0.642. The maximum Gasteiger partial charge on any atom is 0.327 e. The monoisotopic (exact) mass is 269 g/mol. The first-order valence-electron chi connectivity index (χ1n) is 5.97. The van der Waals surface area contributed by atoms with E-state index in [1.807, 2.05) is 0 Å². The average molecular weight is 269 g/mol. The highest BCUT2D eigenvalue weighted by atomic mass is 16.4. The van der Waals surface area contributed by atoms with E-state index in [0.29, 0.717) is 0 Å². The number of imide groups is 1. The van der Waals surface area contributed by atoms with Crippen LogP contribution in [0.1, 0.15) is 12.8 Å². The molecule has 4 amide bonds. The van der Waals surface area contributed by atoms with E-state index in [4.69, 9.17) is 5.11 Å². The summed E-state index contributed by atoms with van der Waals surface area (Å²) < 4.78 is 0.